The highest BCUT2D eigenvalue weighted by atomic mass is 31.2. The number of nitrogens with two attached hydrogens (primary N) is 1. The van der Waals surface area contributed by atoms with Gasteiger partial charge in [-0.2, -0.15) is 0 Å². The number of phosphoric ester groups is 1. The number of nitrogens with zero attached hydrogens (tertiary/aromatic N) is 1. The van der Waals surface area contributed by atoms with Crippen molar-refractivity contribution in [2.45, 2.75) is 19.1 Å². The Morgan fingerprint density at radius 2 is 1.95 bits per heavy atom. The molecule has 0 heterocycles. The van der Waals surface area contributed by atoms with Gasteiger partial charge in [-0.15, -0.1) is 0 Å². The van der Waals surface area contributed by atoms with Crippen LogP contribution in [0.5, 0.6) is 0 Å². The number of rotatable bonds is 9. The number of hydrogen-bond donors (Lipinski definition) is 3. The number of hydrogen-bond acceptors (Lipinski definition) is 5. The Kier molecular flexibility index (Phi) is 8.00. The Balaban J connectivity index is 4.06. The lowest BCUT2D eigenvalue weighted by molar-refractivity contribution is -0.870. The maximum atomic E-state index is 11.5. The van der Waals surface area contributed by atoms with Gasteiger partial charge >= 0.3 is 7.82 Å². The zero-order valence-electron chi connectivity index (χ0n) is 12.0. The highest BCUT2D eigenvalue weighted by Crippen LogP contribution is 2.43. The molecule has 4 N–H and O–H groups in total. The Morgan fingerprint density at radius 1 is 1.37 bits per heavy atom. The van der Waals surface area contributed by atoms with Gasteiger partial charge in [-0.25, -0.2) is 4.57 Å². The fraction of sp³-hybridized carbons (Fsp3) is 0.818. The van der Waals surface area contributed by atoms with Crippen LogP contribution in [-0.2, 0) is 13.6 Å². The third kappa shape index (κ3) is 10.2. The molecular weight excluding hydrogens is 271 g/mol. The average molecular weight is 297 g/mol. The molecular formula is C11H26N2O5P+. The highest BCUT2D eigenvalue weighted by Gasteiger charge is 2.25. The summed E-state index contributed by atoms with van der Waals surface area (Å²) in [5.74, 6) is 0. The minimum atomic E-state index is -4.12. The molecule has 0 amide bonds. The van der Waals surface area contributed by atoms with Crippen LogP contribution in [0.3, 0.4) is 0 Å². The van der Waals surface area contributed by atoms with Crippen LogP contribution in [0.4, 0.5) is 0 Å². The topological polar surface area (TPSA) is 102 Å². The van der Waals surface area contributed by atoms with Crippen LogP contribution < -0.4 is 5.73 Å². The average Bonchev–Trinajstić information content (AvgIpc) is 2.24. The van der Waals surface area contributed by atoms with Crippen molar-refractivity contribution in [3.63, 3.8) is 0 Å². The molecule has 0 aliphatic carbocycles. The van der Waals surface area contributed by atoms with Crippen molar-refractivity contribution in [1.82, 2.24) is 0 Å². The molecule has 0 fully saturated rings. The lowest BCUT2D eigenvalue weighted by Crippen LogP contribution is -2.38. The van der Waals surface area contributed by atoms with Crippen LogP contribution in [0.25, 0.3) is 0 Å². The minimum Gasteiger partial charge on any atom is -0.387 e. The van der Waals surface area contributed by atoms with Crippen molar-refractivity contribution in [1.29, 1.82) is 0 Å². The molecule has 0 saturated heterocycles. The molecule has 0 saturated carbocycles. The molecule has 7 nitrogen and oxygen atoms in total. The summed E-state index contributed by atoms with van der Waals surface area (Å²) < 4.78 is 21.7. The molecule has 0 radical (unpaired) electrons. The molecule has 0 aromatic carbocycles. The van der Waals surface area contributed by atoms with Gasteiger partial charge in [-0.3, -0.25) is 9.05 Å². The standard InChI is InChI=1S/C11H25N2O5P/c1-5-6-11(14)10(12)9-18-19(15,16)17-8-7-13(2,3)4/h5-6,10-11,14H,7-9,12H2,1-4H3/p+1/b6-5+/t10-,11+/m0/s1. The zero-order chi connectivity index (χ0) is 15.1. The summed E-state index contributed by atoms with van der Waals surface area (Å²) in [6, 6.07) is -0.779. The number of likely N-dealkylation sites (N-methyl/N-ethyl adjacent to an activating group) is 1. The van der Waals surface area contributed by atoms with Crippen LogP contribution in [0.15, 0.2) is 12.2 Å². The van der Waals surface area contributed by atoms with E-state index in [9.17, 15) is 14.6 Å². The Labute approximate surface area is 114 Å². The second kappa shape index (κ2) is 8.11. The van der Waals surface area contributed by atoms with E-state index in [0.717, 1.165) is 0 Å². The molecule has 19 heavy (non-hydrogen) atoms. The number of phosphoric acid groups is 1. The summed E-state index contributed by atoms with van der Waals surface area (Å²) >= 11 is 0. The van der Waals surface area contributed by atoms with E-state index in [1.807, 2.05) is 21.1 Å². The van der Waals surface area contributed by atoms with E-state index in [1.54, 1.807) is 13.0 Å². The van der Waals surface area contributed by atoms with Crippen LogP contribution >= 0.6 is 7.82 Å². The van der Waals surface area contributed by atoms with Crippen LogP contribution in [0, 0.1) is 0 Å². The van der Waals surface area contributed by atoms with Crippen LogP contribution in [-0.4, -0.2) is 67.5 Å². The molecule has 0 rings (SSSR count). The van der Waals surface area contributed by atoms with Gasteiger partial charge in [0.05, 0.1) is 39.9 Å². The molecule has 8 heteroatoms. The van der Waals surface area contributed by atoms with Gasteiger partial charge in [0.15, 0.2) is 0 Å². The van der Waals surface area contributed by atoms with Gasteiger partial charge in [-0.05, 0) is 6.92 Å². The van der Waals surface area contributed by atoms with Crippen molar-refractivity contribution >= 4 is 7.82 Å². The normalized spacial score (nSPS) is 19.3. The molecule has 0 aromatic rings. The fourth-order valence-corrected chi connectivity index (χ4v) is 1.83. The van der Waals surface area contributed by atoms with E-state index in [4.69, 9.17) is 14.8 Å². The van der Waals surface area contributed by atoms with Crippen molar-refractivity contribution < 1.29 is 28.1 Å². The van der Waals surface area contributed by atoms with Crippen molar-refractivity contribution in [2.24, 2.45) is 5.73 Å². The molecule has 114 valence electrons. The lowest BCUT2D eigenvalue weighted by atomic mass is 10.2. The van der Waals surface area contributed by atoms with Gasteiger partial charge in [0.1, 0.15) is 13.2 Å². The van der Waals surface area contributed by atoms with Gasteiger partial charge in [0.2, 0.25) is 0 Å². The second-order valence-electron chi connectivity index (χ2n) is 5.29. The second-order valence-corrected chi connectivity index (χ2v) is 6.75. The highest BCUT2D eigenvalue weighted by molar-refractivity contribution is 7.47. The molecule has 3 atom stereocenters. The smallest absolute Gasteiger partial charge is 0.387 e. The molecule has 0 aliphatic rings. The van der Waals surface area contributed by atoms with E-state index in [1.165, 1.54) is 6.08 Å². The van der Waals surface area contributed by atoms with E-state index < -0.39 is 20.0 Å². The lowest BCUT2D eigenvalue weighted by Gasteiger charge is -2.24. The maximum Gasteiger partial charge on any atom is 0.472 e. The van der Waals surface area contributed by atoms with E-state index in [0.29, 0.717) is 11.0 Å². The monoisotopic (exact) mass is 297 g/mol. The number of aliphatic hydroxyl groups excluding tert-OH is 1. The quantitative estimate of drug-likeness (QED) is 0.317. The van der Waals surface area contributed by atoms with E-state index in [2.05, 4.69) is 0 Å². The Bertz CT molecular complexity index is 330. The summed E-state index contributed by atoms with van der Waals surface area (Å²) in [5, 5.41) is 9.49. The van der Waals surface area contributed by atoms with Crippen molar-refractivity contribution in [2.75, 3.05) is 40.9 Å². The molecule has 0 bridgehead atoms. The summed E-state index contributed by atoms with van der Waals surface area (Å²) in [7, 11) is 1.70. The third-order valence-corrected chi connectivity index (χ3v) is 3.26. The van der Waals surface area contributed by atoms with E-state index in [-0.39, 0.29) is 13.2 Å². The fourth-order valence-electron chi connectivity index (χ4n) is 1.09. The first kappa shape index (κ1) is 18.7. The SMILES string of the molecule is C/C=C/[C@@H](O)[C@@H](N)COP(=O)(O)OCC[N+](C)(C)C. The first-order chi connectivity index (χ1) is 8.57. The third-order valence-electron chi connectivity index (χ3n) is 2.27. The number of aliphatic hydroxyl groups is 1. The molecule has 0 aliphatic heterocycles. The van der Waals surface area contributed by atoms with Crippen LogP contribution in [0.2, 0.25) is 0 Å². The molecule has 0 aromatic heterocycles. The minimum absolute atomic E-state index is 0.101. The van der Waals surface area contributed by atoms with Gasteiger partial charge in [0.25, 0.3) is 0 Å². The van der Waals surface area contributed by atoms with Crippen molar-refractivity contribution in [3.05, 3.63) is 12.2 Å². The predicted octanol–water partition coefficient (Wildman–Crippen LogP) is 0.0905. The van der Waals surface area contributed by atoms with Gasteiger partial charge in [-0.1, -0.05) is 12.2 Å². The summed E-state index contributed by atoms with van der Waals surface area (Å²) in [6.45, 7) is 2.15. The first-order valence-corrected chi connectivity index (χ1v) is 7.56. The number of allylic oxidation sites excluding steroid dienone is 1. The zero-order valence-corrected chi connectivity index (χ0v) is 12.9. The predicted molar refractivity (Wildman–Crippen MR) is 73.4 cm³/mol. The largest absolute Gasteiger partial charge is 0.472 e. The van der Waals surface area contributed by atoms with Gasteiger partial charge in [0, 0.05) is 0 Å². The summed E-state index contributed by atoms with van der Waals surface area (Å²) in [6.07, 6.45) is 2.20. The first-order valence-electron chi connectivity index (χ1n) is 6.06. The maximum absolute atomic E-state index is 11.5. The summed E-state index contributed by atoms with van der Waals surface area (Å²) in [5.41, 5.74) is 5.59. The van der Waals surface area contributed by atoms with Crippen molar-refractivity contribution in [3.8, 4) is 0 Å². The molecule has 1 unspecified atom stereocenters. The number of quaternary nitrogens is 1. The molecule has 0 spiro atoms. The summed E-state index contributed by atoms with van der Waals surface area (Å²) in [4.78, 5) is 9.42. The Hall–Kier alpha value is -0.270. The Morgan fingerprint density at radius 3 is 2.42 bits per heavy atom. The van der Waals surface area contributed by atoms with Crippen LogP contribution in [0.1, 0.15) is 6.92 Å². The van der Waals surface area contributed by atoms with E-state index >= 15 is 0 Å². The van der Waals surface area contributed by atoms with Gasteiger partial charge < -0.3 is 20.2 Å².